The molecule has 0 aliphatic carbocycles. The van der Waals surface area contributed by atoms with Crippen LogP contribution >= 0.6 is 0 Å². The maximum absolute atomic E-state index is 2.47. The lowest BCUT2D eigenvalue weighted by atomic mass is 9.96. The Bertz CT molecular complexity index is 78.5. The first kappa shape index (κ1) is 12.0. The van der Waals surface area contributed by atoms with Crippen molar-refractivity contribution in [1.29, 1.82) is 0 Å². The smallest absolute Gasteiger partial charge is 0.201 e. The zero-order valence-corrected chi connectivity index (χ0v) is 9.14. The van der Waals surface area contributed by atoms with Crippen LogP contribution in [-0.2, 0) is 0 Å². The van der Waals surface area contributed by atoms with Gasteiger partial charge in [0.1, 0.15) is 0 Å². The molecule has 0 spiro atoms. The van der Waals surface area contributed by atoms with Gasteiger partial charge in [-0.15, -0.1) is 0 Å². The van der Waals surface area contributed by atoms with Crippen molar-refractivity contribution < 1.29 is 0 Å². The van der Waals surface area contributed by atoms with E-state index in [9.17, 15) is 0 Å². The summed E-state index contributed by atoms with van der Waals surface area (Å²) in [5, 5.41) is 0. The van der Waals surface area contributed by atoms with E-state index in [1.54, 1.807) is 0 Å². The normalized spacial score (nSPS) is 11.2. The van der Waals surface area contributed by atoms with Crippen molar-refractivity contribution in [1.82, 2.24) is 9.71 Å². The Morgan fingerprint density at radius 3 is 1.83 bits per heavy atom. The lowest BCUT2D eigenvalue weighted by Gasteiger charge is -2.23. The maximum atomic E-state index is 2.47. The van der Waals surface area contributed by atoms with Crippen molar-refractivity contribution in [3.63, 3.8) is 0 Å². The van der Waals surface area contributed by atoms with Gasteiger partial charge in [0, 0.05) is 6.54 Å². The summed E-state index contributed by atoms with van der Waals surface area (Å²) in [4.78, 5) is 4.94. The molecule has 0 aliphatic rings. The summed E-state index contributed by atoms with van der Waals surface area (Å²) in [5.74, 6) is 0. The van der Waals surface area contributed by atoms with Crippen molar-refractivity contribution in [2.24, 2.45) is 0 Å². The molecule has 0 N–H and O–H groups in total. The van der Waals surface area contributed by atoms with Gasteiger partial charge in [0.15, 0.2) is 0 Å². The molecule has 0 heterocycles. The van der Waals surface area contributed by atoms with Crippen molar-refractivity contribution in [2.45, 2.75) is 27.6 Å². The molecule has 0 aliphatic heterocycles. The standard InChI is InChI=1S/C9H23BN2/c1-5-11(6-2)8-9-12(7-3)10-4/h10H,5-9H2,1-4H3. The van der Waals surface area contributed by atoms with Gasteiger partial charge < -0.3 is 9.71 Å². The van der Waals surface area contributed by atoms with Gasteiger partial charge in [-0.05, 0) is 26.2 Å². The monoisotopic (exact) mass is 170 g/mol. The lowest BCUT2D eigenvalue weighted by molar-refractivity contribution is 0.276. The number of rotatable bonds is 7. The summed E-state index contributed by atoms with van der Waals surface area (Å²) in [5.41, 5.74) is 0. The molecule has 0 unspecified atom stereocenters. The Labute approximate surface area is 78.2 Å². The minimum atomic E-state index is 1.18. The Hall–Kier alpha value is -0.0151. The van der Waals surface area contributed by atoms with Crippen LogP contribution in [0.5, 0.6) is 0 Å². The molecule has 3 heteroatoms. The second-order valence-corrected chi connectivity index (χ2v) is 3.05. The lowest BCUT2D eigenvalue weighted by Crippen LogP contribution is -2.36. The second kappa shape index (κ2) is 7.62. The number of hydrogen-bond donors (Lipinski definition) is 0. The summed E-state index contributed by atoms with van der Waals surface area (Å²) in [7, 11) is 1.18. The van der Waals surface area contributed by atoms with Crippen LogP contribution in [0.1, 0.15) is 20.8 Å². The van der Waals surface area contributed by atoms with Crippen LogP contribution in [-0.4, -0.2) is 49.8 Å². The van der Waals surface area contributed by atoms with E-state index in [0.29, 0.717) is 0 Å². The molecule has 0 radical (unpaired) electrons. The van der Waals surface area contributed by atoms with Crippen molar-refractivity contribution in [2.75, 3.05) is 32.7 Å². The van der Waals surface area contributed by atoms with Crippen LogP contribution in [0.4, 0.5) is 0 Å². The molecule has 0 saturated heterocycles. The molecule has 0 aromatic carbocycles. The maximum Gasteiger partial charge on any atom is 0.201 e. The highest BCUT2D eigenvalue weighted by molar-refractivity contribution is 6.29. The number of likely N-dealkylation sites (N-methyl/N-ethyl adjacent to an activating group) is 2. The van der Waals surface area contributed by atoms with Gasteiger partial charge in [-0.3, -0.25) is 0 Å². The fourth-order valence-electron chi connectivity index (χ4n) is 1.36. The van der Waals surface area contributed by atoms with Crippen LogP contribution in [0.15, 0.2) is 0 Å². The predicted octanol–water partition coefficient (Wildman–Crippen LogP) is 1.05. The third-order valence-electron chi connectivity index (χ3n) is 2.52. The molecule has 12 heavy (non-hydrogen) atoms. The molecule has 0 aromatic heterocycles. The summed E-state index contributed by atoms with van der Waals surface area (Å²) >= 11 is 0. The van der Waals surface area contributed by atoms with Crippen LogP contribution in [0, 0.1) is 0 Å². The van der Waals surface area contributed by atoms with Gasteiger partial charge in [0.25, 0.3) is 0 Å². The Morgan fingerprint density at radius 2 is 1.50 bits per heavy atom. The van der Waals surface area contributed by atoms with E-state index in [4.69, 9.17) is 0 Å². The molecule has 0 saturated carbocycles. The summed E-state index contributed by atoms with van der Waals surface area (Å²) in [6, 6.07) is 0. The molecule has 0 rings (SSSR count). The Balaban J connectivity index is 3.49. The highest BCUT2D eigenvalue weighted by Crippen LogP contribution is 1.89. The van der Waals surface area contributed by atoms with Crippen LogP contribution in [0.25, 0.3) is 0 Å². The predicted molar refractivity (Wildman–Crippen MR) is 58.0 cm³/mol. The molecule has 0 bridgehead atoms. The summed E-state index contributed by atoms with van der Waals surface area (Å²) < 4.78 is 0. The van der Waals surface area contributed by atoms with E-state index < -0.39 is 0 Å². The van der Waals surface area contributed by atoms with Gasteiger partial charge in [-0.2, -0.15) is 0 Å². The van der Waals surface area contributed by atoms with Crippen LogP contribution in [0.3, 0.4) is 0 Å². The third-order valence-corrected chi connectivity index (χ3v) is 2.52. The van der Waals surface area contributed by atoms with E-state index in [1.165, 1.54) is 40.1 Å². The van der Waals surface area contributed by atoms with Crippen LogP contribution < -0.4 is 0 Å². The fraction of sp³-hybridized carbons (Fsp3) is 1.00. The van der Waals surface area contributed by atoms with E-state index in [1.807, 2.05) is 0 Å². The van der Waals surface area contributed by atoms with E-state index in [2.05, 4.69) is 37.3 Å². The summed E-state index contributed by atoms with van der Waals surface area (Å²) in [6.07, 6.45) is 0. The topological polar surface area (TPSA) is 6.48 Å². The molecule has 0 fully saturated rings. The highest BCUT2D eigenvalue weighted by Gasteiger charge is 2.02. The second-order valence-electron chi connectivity index (χ2n) is 3.05. The first-order valence-electron chi connectivity index (χ1n) is 5.23. The fourth-order valence-corrected chi connectivity index (χ4v) is 1.36. The van der Waals surface area contributed by atoms with E-state index in [0.717, 1.165) is 0 Å². The van der Waals surface area contributed by atoms with Gasteiger partial charge in [0.2, 0.25) is 7.41 Å². The molecule has 0 aromatic rings. The zero-order valence-electron chi connectivity index (χ0n) is 9.14. The average Bonchev–Trinajstić information content (AvgIpc) is 2.13. The average molecular weight is 170 g/mol. The summed E-state index contributed by atoms with van der Waals surface area (Å²) in [6.45, 7) is 14.9. The van der Waals surface area contributed by atoms with Gasteiger partial charge >= 0.3 is 0 Å². The van der Waals surface area contributed by atoms with Crippen molar-refractivity contribution in [3.05, 3.63) is 0 Å². The molecule has 0 atom stereocenters. The molecule has 2 nitrogen and oxygen atoms in total. The van der Waals surface area contributed by atoms with E-state index in [-0.39, 0.29) is 0 Å². The quantitative estimate of drug-likeness (QED) is 0.527. The highest BCUT2D eigenvalue weighted by atomic mass is 15.1. The number of hydrogen-bond acceptors (Lipinski definition) is 2. The van der Waals surface area contributed by atoms with Gasteiger partial charge in [0.05, 0.1) is 0 Å². The van der Waals surface area contributed by atoms with Crippen molar-refractivity contribution >= 4 is 7.41 Å². The number of nitrogens with zero attached hydrogens (tertiary/aromatic N) is 2. The molecular weight excluding hydrogens is 147 g/mol. The third kappa shape index (κ3) is 4.78. The minimum absolute atomic E-state index is 1.18. The largest absolute Gasteiger partial charge is 0.344 e. The van der Waals surface area contributed by atoms with Crippen molar-refractivity contribution in [3.8, 4) is 0 Å². The first-order valence-corrected chi connectivity index (χ1v) is 5.23. The molecule has 0 amide bonds. The van der Waals surface area contributed by atoms with Gasteiger partial charge in [-0.25, -0.2) is 0 Å². The van der Waals surface area contributed by atoms with E-state index >= 15 is 0 Å². The minimum Gasteiger partial charge on any atom is -0.344 e. The Morgan fingerprint density at radius 1 is 0.917 bits per heavy atom. The first-order chi connectivity index (χ1) is 5.78. The van der Waals surface area contributed by atoms with Gasteiger partial charge in [-0.1, -0.05) is 27.6 Å². The van der Waals surface area contributed by atoms with Crippen LogP contribution in [0.2, 0.25) is 6.82 Å². The SMILES string of the molecule is CBN(CC)CCN(CC)CC. The zero-order chi connectivity index (χ0) is 9.40. The molecule has 72 valence electrons. The molecular formula is C9H23BN2. The Kier molecular flexibility index (Phi) is 7.62.